The summed E-state index contributed by atoms with van der Waals surface area (Å²) < 4.78 is 15.1. The highest BCUT2D eigenvalue weighted by atomic mass is 16.4. The van der Waals surface area contributed by atoms with Crippen LogP contribution in [0.15, 0.2) is 81.6 Å². The van der Waals surface area contributed by atoms with Crippen LogP contribution in [-0.4, -0.2) is 0 Å². The lowest BCUT2D eigenvalue weighted by molar-refractivity contribution is -0.637. The molecule has 160 valence electrons. The molecular formula is C30H24NO2+. The fraction of sp³-hybridized carbons (Fsp3) is 0.167. The second kappa shape index (κ2) is 6.14. The van der Waals surface area contributed by atoms with Crippen molar-refractivity contribution in [2.24, 2.45) is 7.05 Å². The van der Waals surface area contributed by atoms with E-state index in [2.05, 4.69) is 87.0 Å². The zero-order valence-corrected chi connectivity index (χ0v) is 19.2. The molecule has 2 heterocycles. The highest BCUT2D eigenvalue weighted by Gasteiger charge is 2.41. The van der Waals surface area contributed by atoms with Gasteiger partial charge in [-0.25, -0.2) is 0 Å². The summed E-state index contributed by atoms with van der Waals surface area (Å²) in [4.78, 5) is 0. The van der Waals surface area contributed by atoms with E-state index in [4.69, 9.17) is 8.83 Å². The number of hydrogen-bond acceptors (Lipinski definition) is 2. The molecule has 0 N–H and O–H groups in total. The molecule has 0 saturated heterocycles. The van der Waals surface area contributed by atoms with Gasteiger partial charge >= 0.3 is 5.89 Å². The predicted octanol–water partition coefficient (Wildman–Crippen LogP) is 7.44. The molecule has 0 unspecified atom stereocenters. The van der Waals surface area contributed by atoms with E-state index in [1.807, 2.05) is 18.2 Å². The molecule has 0 fully saturated rings. The van der Waals surface area contributed by atoms with Gasteiger partial charge in [-0.3, -0.25) is 0 Å². The number of rotatable bonds is 1. The van der Waals surface area contributed by atoms with Gasteiger partial charge in [0.05, 0.1) is 10.9 Å². The zero-order chi connectivity index (χ0) is 22.5. The van der Waals surface area contributed by atoms with Gasteiger partial charge in [0.25, 0.3) is 5.52 Å². The van der Waals surface area contributed by atoms with Gasteiger partial charge in [0.2, 0.25) is 5.58 Å². The van der Waals surface area contributed by atoms with Crippen molar-refractivity contribution in [3.63, 3.8) is 0 Å². The van der Waals surface area contributed by atoms with E-state index in [-0.39, 0.29) is 5.41 Å². The van der Waals surface area contributed by atoms with Crippen LogP contribution >= 0.6 is 0 Å². The van der Waals surface area contributed by atoms with Crippen molar-refractivity contribution in [1.82, 2.24) is 0 Å². The first-order valence-corrected chi connectivity index (χ1v) is 11.4. The Kier molecular flexibility index (Phi) is 3.48. The molecule has 0 aliphatic heterocycles. The quantitative estimate of drug-likeness (QED) is 0.254. The Morgan fingerprint density at radius 1 is 0.758 bits per heavy atom. The molecule has 2 aromatic heterocycles. The number of furan rings is 1. The van der Waals surface area contributed by atoms with Gasteiger partial charge in [0.1, 0.15) is 18.2 Å². The Morgan fingerprint density at radius 2 is 1.55 bits per heavy atom. The topological polar surface area (TPSA) is 30.2 Å². The SMILES string of the molecule is Cc1ccc2c(c1-c1oc3c4c(ccc3[n+]1C)oc1ccccc14)C(C)(C)c1ccccc1-2. The number of benzene rings is 4. The maximum absolute atomic E-state index is 6.77. The maximum Gasteiger partial charge on any atom is 0.381 e. The number of nitrogens with zero attached hydrogens (tertiary/aromatic N) is 1. The van der Waals surface area contributed by atoms with Gasteiger partial charge < -0.3 is 8.83 Å². The third kappa shape index (κ3) is 2.27. The second-order valence-electron chi connectivity index (χ2n) is 9.70. The maximum atomic E-state index is 6.77. The standard InChI is InChI=1S/C30H24NO2/c1-17-13-14-19-18-9-5-7-11-21(18)30(2,3)27(19)25(17)29-31(4)22-15-16-24-26(28(22)33-29)20-10-6-8-12-23(20)32-24/h5-16H,1-4H3/q+1. The third-order valence-corrected chi connectivity index (χ3v) is 7.48. The summed E-state index contributed by atoms with van der Waals surface area (Å²) >= 11 is 0. The van der Waals surface area contributed by atoms with E-state index in [1.54, 1.807) is 0 Å². The van der Waals surface area contributed by atoms with Crippen LogP contribution in [-0.2, 0) is 12.5 Å². The Bertz CT molecular complexity index is 1760. The molecule has 0 bridgehead atoms. The van der Waals surface area contributed by atoms with Crippen molar-refractivity contribution in [2.75, 3.05) is 0 Å². The number of aryl methyl sites for hydroxylation is 2. The highest BCUT2D eigenvalue weighted by molar-refractivity contribution is 6.15. The third-order valence-electron chi connectivity index (χ3n) is 7.48. The Morgan fingerprint density at radius 3 is 2.42 bits per heavy atom. The summed E-state index contributed by atoms with van der Waals surface area (Å²) in [6.07, 6.45) is 0. The molecule has 0 saturated carbocycles. The lowest BCUT2D eigenvalue weighted by Gasteiger charge is -2.23. The van der Waals surface area contributed by atoms with Gasteiger partial charge in [0.15, 0.2) is 0 Å². The summed E-state index contributed by atoms with van der Waals surface area (Å²) in [7, 11) is 2.10. The van der Waals surface area contributed by atoms with Crippen LogP contribution in [0.3, 0.4) is 0 Å². The molecular weight excluding hydrogens is 406 g/mol. The predicted molar refractivity (Wildman–Crippen MR) is 132 cm³/mol. The van der Waals surface area contributed by atoms with Crippen LogP contribution in [0.5, 0.6) is 0 Å². The van der Waals surface area contributed by atoms with Crippen molar-refractivity contribution >= 4 is 33.0 Å². The van der Waals surface area contributed by atoms with Crippen LogP contribution in [0.25, 0.3) is 55.6 Å². The van der Waals surface area contributed by atoms with Crippen LogP contribution in [0.2, 0.25) is 0 Å². The van der Waals surface area contributed by atoms with Gasteiger partial charge in [0, 0.05) is 16.9 Å². The molecule has 4 aromatic carbocycles. The van der Waals surface area contributed by atoms with Crippen molar-refractivity contribution in [2.45, 2.75) is 26.2 Å². The van der Waals surface area contributed by atoms with Gasteiger partial charge in [-0.2, -0.15) is 4.57 Å². The lowest BCUT2D eigenvalue weighted by Crippen LogP contribution is -2.30. The molecule has 0 amide bonds. The van der Waals surface area contributed by atoms with Gasteiger partial charge in [-0.1, -0.05) is 68.4 Å². The number of oxazole rings is 1. The van der Waals surface area contributed by atoms with Crippen LogP contribution in [0, 0.1) is 6.92 Å². The molecule has 3 nitrogen and oxygen atoms in total. The van der Waals surface area contributed by atoms with Crippen molar-refractivity contribution in [3.05, 3.63) is 89.5 Å². The highest BCUT2D eigenvalue weighted by Crippen LogP contribution is 2.52. The lowest BCUT2D eigenvalue weighted by atomic mass is 9.79. The molecule has 6 aromatic rings. The fourth-order valence-electron chi connectivity index (χ4n) is 5.89. The average molecular weight is 431 g/mol. The van der Waals surface area contributed by atoms with Crippen LogP contribution in [0.1, 0.15) is 30.5 Å². The van der Waals surface area contributed by atoms with E-state index < -0.39 is 0 Å². The van der Waals surface area contributed by atoms with E-state index in [0.717, 1.165) is 38.9 Å². The van der Waals surface area contributed by atoms with E-state index in [1.165, 1.54) is 33.4 Å². The molecule has 1 aliphatic carbocycles. The summed E-state index contributed by atoms with van der Waals surface area (Å²) in [5.41, 5.74) is 11.3. The second-order valence-corrected chi connectivity index (χ2v) is 9.70. The molecule has 0 spiro atoms. The summed E-state index contributed by atoms with van der Waals surface area (Å²) in [5, 5.41) is 2.12. The van der Waals surface area contributed by atoms with Crippen LogP contribution < -0.4 is 4.57 Å². The van der Waals surface area contributed by atoms with Crippen molar-refractivity contribution in [3.8, 4) is 22.6 Å². The number of fused-ring (bicyclic) bond motifs is 8. The van der Waals surface area contributed by atoms with Gasteiger partial charge in [-0.15, -0.1) is 0 Å². The summed E-state index contributed by atoms with van der Waals surface area (Å²) in [5.74, 6) is 0.887. The number of para-hydroxylation sites is 1. The number of aromatic nitrogens is 1. The van der Waals surface area contributed by atoms with E-state index in [9.17, 15) is 0 Å². The van der Waals surface area contributed by atoms with Crippen molar-refractivity contribution in [1.29, 1.82) is 0 Å². The molecule has 0 atom stereocenters. The van der Waals surface area contributed by atoms with Crippen LogP contribution in [0.4, 0.5) is 0 Å². The Labute approximate surface area is 191 Å². The first-order valence-electron chi connectivity index (χ1n) is 11.4. The summed E-state index contributed by atoms with van der Waals surface area (Å²) in [6.45, 7) is 6.83. The fourth-order valence-corrected chi connectivity index (χ4v) is 5.89. The molecule has 3 heteroatoms. The monoisotopic (exact) mass is 430 g/mol. The summed E-state index contributed by atoms with van der Waals surface area (Å²) in [6, 6.07) is 25.6. The Hall–Kier alpha value is -3.85. The average Bonchev–Trinajstić information content (AvgIpc) is 3.43. The minimum atomic E-state index is -0.114. The normalized spacial score (nSPS) is 14.3. The smallest absolute Gasteiger partial charge is 0.381 e. The minimum Gasteiger partial charge on any atom is -0.456 e. The zero-order valence-electron chi connectivity index (χ0n) is 19.2. The first kappa shape index (κ1) is 18.7. The Balaban J connectivity index is 1.60. The van der Waals surface area contributed by atoms with Crippen molar-refractivity contribution < 1.29 is 13.4 Å². The largest absolute Gasteiger partial charge is 0.456 e. The van der Waals surface area contributed by atoms with Gasteiger partial charge in [-0.05, 0) is 46.9 Å². The molecule has 0 radical (unpaired) electrons. The molecule has 1 aliphatic rings. The van der Waals surface area contributed by atoms with E-state index in [0.29, 0.717) is 0 Å². The van der Waals surface area contributed by atoms with E-state index >= 15 is 0 Å². The molecule has 7 rings (SSSR count). The minimum absolute atomic E-state index is 0.114. The first-order chi connectivity index (χ1) is 16.0. The number of hydrogen-bond donors (Lipinski definition) is 0. The molecule has 33 heavy (non-hydrogen) atoms.